The Balaban J connectivity index is 2.38. The second kappa shape index (κ2) is 5.87. The Kier molecular flexibility index (Phi) is 4.11. The molecule has 0 bridgehead atoms. The third kappa shape index (κ3) is 2.52. The molecule has 3 rings (SSSR count). The number of imidazole rings is 1. The minimum Gasteiger partial charge on any atom is -0.494 e. The smallest absolute Gasteiger partial charge is 0.146 e. The van der Waals surface area contributed by atoms with Gasteiger partial charge in [-0.1, -0.05) is 17.7 Å². The van der Waals surface area contributed by atoms with E-state index in [2.05, 4.69) is 20.9 Å². The first-order chi connectivity index (χ1) is 10.2. The molecule has 6 heteroatoms. The number of rotatable bonds is 3. The molecule has 108 valence electrons. The Morgan fingerprint density at radius 2 is 2.10 bits per heavy atom. The van der Waals surface area contributed by atoms with Crippen molar-refractivity contribution in [3.63, 3.8) is 0 Å². The Bertz CT molecular complexity index is 817. The number of hydrogen-bond donors (Lipinski definition) is 0. The normalized spacial score (nSPS) is 11.0. The highest BCUT2D eigenvalue weighted by atomic mass is 79.9. The highest BCUT2D eigenvalue weighted by molar-refractivity contribution is 9.10. The summed E-state index contributed by atoms with van der Waals surface area (Å²) >= 11 is 15.8. The molecule has 0 aliphatic heterocycles. The fourth-order valence-corrected chi connectivity index (χ4v) is 3.07. The Labute approximate surface area is 140 Å². The zero-order valence-corrected chi connectivity index (χ0v) is 14.2. The van der Waals surface area contributed by atoms with Crippen LogP contribution < -0.4 is 4.74 Å². The maximum absolute atomic E-state index is 6.13. The van der Waals surface area contributed by atoms with Crippen LogP contribution in [0.1, 0.15) is 5.82 Å². The van der Waals surface area contributed by atoms with E-state index in [1.807, 2.05) is 41.0 Å². The molecule has 3 aromatic rings. The molecule has 0 radical (unpaired) electrons. The number of para-hydroxylation sites is 1. The summed E-state index contributed by atoms with van der Waals surface area (Å²) in [6, 6.07) is 11.4. The van der Waals surface area contributed by atoms with Gasteiger partial charge in [0.25, 0.3) is 0 Å². The lowest BCUT2D eigenvalue weighted by atomic mass is 10.2. The lowest BCUT2D eigenvalue weighted by Crippen LogP contribution is -2.00. The van der Waals surface area contributed by atoms with Crippen molar-refractivity contribution in [1.82, 2.24) is 9.55 Å². The molecule has 0 unspecified atom stereocenters. The average Bonchev–Trinajstić information content (AvgIpc) is 2.88. The van der Waals surface area contributed by atoms with Gasteiger partial charge in [0, 0.05) is 9.50 Å². The van der Waals surface area contributed by atoms with Crippen molar-refractivity contribution in [1.29, 1.82) is 0 Å². The summed E-state index contributed by atoms with van der Waals surface area (Å²) in [4.78, 5) is 4.59. The van der Waals surface area contributed by atoms with Gasteiger partial charge in [-0.15, -0.1) is 11.6 Å². The molecule has 0 spiro atoms. The maximum Gasteiger partial charge on any atom is 0.146 e. The monoisotopic (exact) mass is 384 g/mol. The summed E-state index contributed by atoms with van der Waals surface area (Å²) in [5.74, 6) is 1.74. The summed E-state index contributed by atoms with van der Waals surface area (Å²) in [6.45, 7) is 0. The largest absolute Gasteiger partial charge is 0.494 e. The number of alkyl halides is 1. The van der Waals surface area contributed by atoms with Gasteiger partial charge < -0.3 is 4.74 Å². The number of methoxy groups -OCH3 is 1. The Hall–Kier alpha value is -1.23. The molecule has 0 aliphatic carbocycles. The van der Waals surface area contributed by atoms with Crippen molar-refractivity contribution in [3.8, 4) is 11.4 Å². The predicted octanol–water partition coefficient (Wildman–Crippen LogP) is 5.19. The molecule has 21 heavy (non-hydrogen) atoms. The van der Waals surface area contributed by atoms with E-state index >= 15 is 0 Å². The molecule has 0 saturated carbocycles. The fourth-order valence-electron chi connectivity index (χ4n) is 2.30. The van der Waals surface area contributed by atoms with Gasteiger partial charge >= 0.3 is 0 Å². The molecule has 1 aromatic heterocycles. The van der Waals surface area contributed by atoms with Crippen LogP contribution in [0.5, 0.6) is 5.75 Å². The molecule has 0 amide bonds. The molecule has 0 N–H and O–H groups in total. The lowest BCUT2D eigenvalue weighted by molar-refractivity contribution is 0.419. The second-order valence-corrected chi connectivity index (χ2v) is 5.98. The van der Waals surface area contributed by atoms with Gasteiger partial charge in [0.05, 0.1) is 24.2 Å². The molecule has 3 nitrogen and oxygen atoms in total. The first-order valence-corrected chi connectivity index (χ1v) is 7.92. The van der Waals surface area contributed by atoms with Gasteiger partial charge in [-0.2, -0.15) is 0 Å². The standard InChI is InChI=1S/C15H11BrCl2N2O/c1-21-13-4-2-3-11-15(13)19-14(8-17)20(11)12-7-9(18)5-6-10(12)16/h2-7H,8H2,1H3. The SMILES string of the molecule is COc1cccc2c1nc(CCl)n2-c1cc(Cl)ccc1Br. The van der Waals surface area contributed by atoms with Gasteiger partial charge in [-0.25, -0.2) is 4.98 Å². The highest BCUT2D eigenvalue weighted by Gasteiger charge is 2.16. The molecular formula is C15H11BrCl2N2O. The first-order valence-electron chi connectivity index (χ1n) is 6.21. The topological polar surface area (TPSA) is 27.1 Å². The van der Waals surface area contributed by atoms with Crippen LogP contribution in [0.2, 0.25) is 5.02 Å². The summed E-state index contributed by atoms with van der Waals surface area (Å²) < 4.78 is 8.28. The van der Waals surface area contributed by atoms with Crippen LogP contribution in [0, 0.1) is 0 Å². The summed E-state index contributed by atoms with van der Waals surface area (Å²) in [5.41, 5.74) is 2.60. The molecule has 2 aromatic carbocycles. The number of benzene rings is 2. The lowest BCUT2D eigenvalue weighted by Gasteiger charge is -2.10. The van der Waals surface area contributed by atoms with E-state index < -0.39 is 0 Å². The number of ether oxygens (including phenoxy) is 1. The number of nitrogens with zero attached hydrogens (tertiary/aromatic N) is 2. The zero-order valence-electron chi connectivity index (χ0n) is 11.1. The van der Waals surface area contributed by atoms with Crippen LogP contribution in [-0.2, 0) is 5.88 Å². The minimum atomic E-state index is 0.288. The van der Waals surface area contributed by atoms with Crippen molar-refractivity contribution in [2.24, 2.45) is 0 Å². The predicted molar refractivity (Wildman–Crippen MR) is 89.9 cm³/mol. The Morgan fingerprint density at radius 1 is 1.29 bits per heavy atom. The van der Waals surface area contributed by atoms with E-state index in [1.165, 1.54) is 0 Å². The average molecular weight is 386 g/mol. The minimum absolute atomic E-state index is 0.288. The third-order valence-electron chi connectivity index (χ3n) is 3.21. The van der Waals surface area contributed by atoms with Crippen LogP contribution >= 0.6 is 39.1 Å². The quantitative estimate of drug-likeness (QED) is 0.580. The van der Waals surface area contributed by atoms with E-state index in [-0.39, 0.29) is 5.88 Å². The van der Waals surface area contributed by atoms with Crippen LogP contribution in [0.25, 0.3) is 16.7 Å². The van der Waals surface area contributed by atoms with E-state index in [1.54, 1.807) is 7.11 Å². The van der Waals surface area contributed by atoms with Crippen molar-refractivity contribution < 1.29 is 4.74 Å². The number of aromatic nitrogens is 2. The number of fused-ring (bicyclic) bond motifs is 1. The summed E-state index contributed by atoms with van der Waals surface area (Å²) in [6.07, 6.45) is 0. The highest BCUT2D eigenvalue weighted by Crippen LogP contribution is 2.33. The number of hydrogen-bond acceptors (Lipinski definition) is 2. The summed E-state index contributed by atoms with van der Waals surface area (Å²) in [7, 11) is 1.63. The van der Waals surface area contributed by atoms with Crippen molar-refractivity contribution in [2.75, 3.05) is 7.11 Å². The van der Waals surface area contributed by atoms with Gasteiger partial charge in [-0.3, -0.25) is 4.57 Å². The first kappa shape index (κ1) is 14.7. The van der Waals surface area contributed by atoms with E-state index in [4.69, 9.17) is 27.9 Å². The van der Waals surface area contributed by atoms with Gasteiger partial charge in [0.2, 0.25) is 0 Å². The second-order valence-electron chi connectivity index (χ2n) is 4.42. The van der Waals surface area contributed by atoms with E-state index in [9.17, 15) is 0 Å². The Morgan fingerprint density at radius 3 is 2.81 bits per heavy atom. The van der Waals surface area contributed by atoms with E-state index in [0.29, 0.717) is 5.02 Å². The van der Waals surface area contributed by atoms with E-state index in [0.717, 1.165) is 32.8 Å². The van der Waals surface area contributed by atoms with Crippen LogP contribution in [0.3, 0.4) is 0 Å². The van der Waals surface area contributed by atoms with Gasteiger partial charge in [0.15, 0.2) is 0 Å². The maximum atomic E-state index is 6.13. The molecule has 0 aliphatic rings. The molecule has 0 fully saturated rings. The third-order valence-corrected chi connectivity index (χ3v) is 4.35. The number of halogens is 3. The van der Waals surface area contributed by atoms with Crippen molar-refractivity contribution in [2.45, 2.75) is 5.88 Å². The molecule has 0 saturated heterocycles. The van der Waals surface area contributed by atoms with Gasteiger partial charge in [-0.05, 0) is 46.3 Å². The fraction of sp³-hybridized carbons (Fsp3) is 0.133. The van der Waals surface area contributed by atoms with Crippen molar-refractivity contribution >= 4 is 50.2 Å². The van der Waals surface area contributed by atoms with Gasteiger partial charge in [0.1, 0.15) is 17.1 Å². The molecular weight excluding hydrogens is 375 g/mol. The summed E-state index contributed by atoms with van der Waals surface area (Å²) in [5, 5.41) is 0.651. The van der Waals surface area contributed by atoms with Crippen LogP contribution in [0.4, 0.5) is 0 Å². The molecule has 0 atom stereocenters. The zero-order chi connectivity index (χ0) is 15.0. The van der Waals surface area contributed by atoms with Crippen LogP contribution in [0.15, 0.2) is 40.9 Å². The van der Waals surface area contributed by atoms with Crippen LogP contribution in [-0.4, -0.2) is 16.7 Å². The molecule has 1 heterocycles. The van der Waals surface area contributed by atoms with Crippen molar-refractivity contribution in [3.05, 3.63) is 51.7 Å².